The van der Waals surface area contributed by atoms with Crippen molar-refractivity contribution in [1.82, 2.24) is 0 Å². The van der Waals surface area contributed by atoms with E-state index in [2.05, 4.69) is 26.0 Å². The number of ether oxygens (including phenoxy) is 4. The van der Waals surface area contributed by atoms with Crippen LogP contribution in [-0.4, -0.2) is 89.0 Å². The minimum atomic E-state index is -1.59. The first-order valence-electron chi connectivity index (χ1n) is 19.3. The molecular weight excluding hydrogens is 616 g/mol. The molecule has 0 saturated carbocycles. The second kappa shape index (κ2) is 30.3. The van der Waals surface area contributed by atoms with Gasteiger partial charge in [-0.1, -0.05) is 122 Å². The second-order valence-electron chi connectivity index (χ2n) is 13.4. The lowest BCUT2D eigenvalue weighted by molar-refractivity contribution is -0.305. The van der Waals surface area contributed by atoms with Gasteiger partial charge in [0.15, 0.2) is 12.4 Å². The van der Waals surface area contributed by atoms with Gasteiger partial charge in [0.25, 0.3) is 0 Å². The molecule has 10 heteroatoms. The summed E-state index contributed by atoms with van der Waals surface area (Å²) in [5.41, 5.74) is 0. The number of hydrogen-bond donors (Lipinski definition) is 4. The summed E-state index contributed by atoms with van der Waals surface area (Å²) < 4.78 is 21.9. The summed E-state index contributed by atoms with van der Waals surface area (Å²) in [5, 5.41) is 39.7. The van der Waals surface area contributed by atoms with Crippen LogP contribution in [0.5, 0.6) is 0 Å². The number of allylic oxidation sites excluding steroid dienone is 2. The van der Waals surface area contributed by atoms with Gasteiger partial charge in [0.05, 0.1) is 13.2 Å². The van der Waals surface area contributed by atoms with Crippen LogP contribution >= 0.6 is 0 Å². The molecule has 6 unspecified atom stereocenters. The van der Waals surface area contributed by atoms with E-state index >= 15 is 0 Å². The van der Waals surface area contributed by atoms with E-state index in [1.54, 1.807) is 0 Å². The molecule has 0 bridgehead atoms. The summed E-state index contributed by atoms with van der Waals surface area (Å²) >= 11 is 0. The predicted molar refractivity (Wildman–Crippen MR) is 187 cm³/mol. The average molecular weight is 687 g/mol. The molecule has 10 nitrogen and oxygen atoms in total. The fraction of sp³-hybridized carbons (Fsp3) is 0.895. The first-order valence-corrected chi connectivity index (χ1v) is 19.3. The van der Waals surface area contributed by atoms with Crippen molar-refractivity contribution in [1.29, 1.82) is 0 Å². The zero-order valence-corrected chi connectivity index (χ0v) is 30.2. The maximum absolute atomic E-state index is 12.6. The monoisotopic (exact) mass is 686 g/mol. The summed E-state index contributed by atoms with van der Waals surface area (Å²) in [6, 6.07) is 0. The summed E-state index contributed by atoms with van der Waals surface area (Å²) in [6.07, 6.45) is 21.5. The molecule has 48 heavy (non-hydrogen) atoms. The highest BCUT2D eigenvalue weighted by Gasteiger charge is 2.44. The Morgan fingerprint density at radius 2 is 1.10 bits per heavy atom. The van der Waals surface area contributed by atoms with E-state index in [0.717, 1.165) is 44.9 Å². The molecule has 0 aliphatic carbocycles. The molecule has 0 amide bonds. The largest absolute Gasteiger partial charge is 0.462 e. The van der Waals surface area contributed by atoms with Crippen LogP contribution in [0.2, 0.25) is 0 Å². The van der Waals surface area contributed by atoms with Gasteiger partial charge in [-0.15, -0.1) is 0 Å². The van der Waals surface area contributed by atoms with Crippen LogP contribution in [0.25, 0.3) is 0 Å². The van der Waals surface area contributed by atoms with Gasteiger partial charge in [-0.3, -0.25) is 9.59 Å². The van der Waals surface area contributed by atoms with Gasteiger partial charge in [-0.2, -0.15) is 0 Å². The van der Waals surface area contributed by atoms with Gasteiger partial charge >= 0.3 is 11.9 Å². The second-order valence-corrected chi connectivity index (χ2v) is 13.4. The van der Waals surface area contributed by atoms with Crippen molar-refractivity contribution >= 4 is 11.9 Å². The van der Waals surface area contributed by atoms with Crippen molar-refractivity contribution in [3.05, 3.63) is 12.2 Å². The van der Waals surface area contributed by atoms with E-state index in [1.165, 1.54) is 83.5 Å². The van der Waals surface area contributed by atoms with Crippen LogP contribution in [-0.2, 0) is 28.5 Å². The van der Waals surface area contributed by atoms with Crippen LogP contribution in [0.15, 0.2) is 12.2 Å². The Bertz CT molecular complexity index is 804. The van der Waals surface area contributed by atoms with E-state index in [-0.39, 0.29) is 26.1 Å². The number of aliphatic hydroxyl groups excluding tert-OH is 4. The van der Waals surface area contributed by atoms with Crippen molar-refractivity contribution in [2.24, 2.45) is 0 Å². The van der Waals surface area contributed by atoms with E-state index in [9.17, 15) is 30.0 Å². The van der Waals surface area contributed by atoms with Gasteiger partial charge in [-0.05, 0) is 38.5 Å². The van der Waals surface area contributed by atoms with Crippen LogP contribution in [0.1, 0.15) is 162 Å². The van der Waals surface area contributed by atoms with E-state index in [1.807, 2.05) is 0 Å². The van der Waals surface area contributed by atoms with Crippen molar-refractivity contribution < 1.29 is 49.0 Å². The summed E-state index contributed by atoms with van der Waals surface area (Å²) in [6.45, 7) is 3.27. The molecule has 0 aromatic rings. The number of carbonyl (C=O) groups is 2. The molecule has 1 rings (SSSR count). The number of hydrogen-bond acceptors (Lipinski definition) is 10. The van der Waals surface area contributed by atoms with Gasteiger partial charge in [0.2, 0.25) is 0 Å². The Hall–Kier alpha value is -1.56. The molecule has 6 atom stereocenters. The fourth-order valence-corrected chi connectivity index (χ4v) is 5.77. The van der Waals surface area contributed by atoms with Crippen LogP contribution in [0, 0.1) is 0 Å². The first kappa shape index (κ1) is 44.5. The Kier molecular flexibility index (Phi) is 28.0. The maximum Gasteiger partial charge on any atom is 0.306 e. The normalized spacial score (nSPS) is 21.8. The Balaban J connectivity index is 2.26. The molecule has 1 heterocycles. The van der Waals surface area contributed by atoms with Gasteiger partial charge in [-0.25, -0.2) is 0 Å². The smallest absolute Gasteiger partial charge is 0.306 e. The molecule has 0 spiro atoms. The quantitative estimate of drug-likeness (QED) is 0.0347. The lowest BCUT2D eigenvalue weighted by atomic mass is 9.99. The molecule has 0 aromatic heterocycles. The summed E-state index contributed by atoms with van der Waals surface area (Å²) in [5.74, 6) is -0.826. The molecule has 1 saturated heterocycles. The fourth-order valence-electron chi connectivity index (χ4n) is 5.77. The van der Waals surface area contributed by atoms with E-state index in [0.29, 0.717) is 6.42 Å². The Morgan fingerprint density at radius 3 is 1.65 bits per heavy atom. The minimum absolute atomic E-state index is 0.217. The molecule has 1 aliphatic heterocycles. The topological polar surface area (TPSA) is 152 Å². The van der Waals surface area contributed by atoms with E-state index < -0.39 is 55.4 Å². The Morgan fingerprint density at radius 1 is 0.625 bits per heavy atom. The SMILES string of the molecule is CCCCCCCC/C=C\CCCCCCCCCCCC(=O)OC(COC(=O)CCCCCC)COC1OC(CO)C(O)C(O)C1O. The number of aliphatic hydroxyl groups is 4. The van der Waals surface area contributed by atoms with Gasteiger partial charge < -0.3 is 39.4 Å². The molecular formula is C38H70O10. The first-order chi connectivity index (χ1) is 23.3. The van der Waals surface area contributed by atoms with E-state index in [4.69, 9.17) is 18.9 Å². The van der Waals surface area contributed by atoms with Crippen LogP contribution in [0.3, 0.4) is 0 Å². The third-order valence-corrected chi connectivity index (χ3v) is 8.90. The minimum Gasteiger partial charge on any atom is -0.462 e. The van der Waals surface area contributed by atoms with Crippen molar-refractivity contribution in [3.8, 4) is 0 Å². The molecule has 1 aliphatic rings. The van der Waals surface area contributed by atoms with Crippen LogP contribution in [0.4, 0.5) is 0 Å². The number of esters is 2. The molecule has 1 fully saturated rings. The van der Waals surface area contributed by atoms with Crippen molar-refractivity contribution in [2.45, 2.75) is 198 Å². The molecule has 0 aromatic carbocycles. The maximum atomic E-state index is 12.6. The third-order valence-electron chi connectivity index (χ3n) is 8.90. The third kappa shape index (κ3) is 22.2. The lowest BCUT2D eigenvalue weighted by Crippen LogP contribution is -2.59. The highest BCUT2D eigenvalue weighted by atomic mass is 16.7. The van der Waals surface area contributed by atoms with Crippen LogP contribution < -0.4 is 0 Å². The summed E-state index contributed by atoms with van der Waals surface area (Å²) in [4.78, 5) is 24.8. The highest BCUT2D eigenvalue weighted by Crippen LogP contribution is 2.22. The zero-order valence-electron chi connectivity index (χ0n) is 30.2. The number of rotatable bonds is 31. The number of carbonyl (C=O) groups excluding carboxylic acids is 2. The molecule has 0 radical (unpaired) electrons. The molecule has 4 N–H and O–H groups in total. The number of unbranched alkanes of at least 4 members (excludes halogenated alkanes) is 18. The predicted octanol–water partition coefficient (Wildman–Crippen LogP) is 6.83. The van der Waals surface area contributed by atoms with Gasteiger partial charge in [0, 0.05) is 12.8 Å². The standard InChI is InChI=1S/C38H70O10/c1-3-5-7-9-10-11-12-13-14-15-16-17-18-19-20-21-22-23-25-27-34(41)47-31(29-45-33(40)26-24-8-6-4-2)30-46-38-37(44)36(43)35(42)32(28-39)48-38/h13-14,31-32,35-39,42-44H,3-12,15-30H2,1-2H3/b14-13-. The lowest BCUT2D eigenvalue weighted by Gasteiger charge is -2.39. The highest BCUT2D eigenvalue weighted by molar-refractivity contribution is 5.70. The summed E-state index contributed by atoms with van der Waals surface area (Å²) in [7, 11) is 0. The molecule has 282 valence electrons. The van der Waals surface area contributed by atoms with Crippen molar-refractivity contribution in [2.75, 3.05) is 19.8 Å². The average Bonchev–Trinajstić information content (AvgIpc) is 3.08. The van der Waals surface area contributed by atoms with Gasteiger partial charge in [0.1, 0.15) is 31.0 Å². The zero-order chi connectivity index (χ0) is 35.2. The van der Waals surface area contributed by atoms with Crippen molar-refractivity contribution in [3.63, 3.8) is 0 Å². The Labute approximate surface area is 291 Å².